The highest BCUT2D eigenvalue weighted by Gasteiger charge is 2.01. The minimum absolute atomic E-state index is 0.000668. The van der Waals surface area contributed by atoms with Gasteiger partial charge in [-0.25, -0.2) is 0 Å². The zero-order valence-electron chi connectivity index (χ0n) is 8.63. The maximum absolute atomic E-state index is 9.00. The first-order valence-electron chi connectivity index (χ1n) is 4.75. The molecule has 4 heteroatoms. The Balaban J connectivity index is 2.47. The summed E-state index contributed by atoms with van der Waals surface area (Å²) in [5.41, 5.74) is 1.71. The molecule has 4 nitrogen and oxygen atoms in total. The lowest BCUT2D eigenvalue weighted by molar-refractivity contribution is 0.00833. The molecular weight excluding hydrogens is 194 g/mol. The van der Waals surface area contributed by atoms with Crippen molar-refractivity contribution in [3.63, 3.8) is 0 Å². The normalized spacial score (nSPS) is 13.7. The molecule has 1 rings (SSSR count). The van der Waals surface area contributed by atoms with Crippen LogP contribution in [-0.2, 0) is 4.84 Å². The van der Waals surface area contributed by atoms with E-state index in [2.05, 4.69) is 5.16 Å². The molecule has 0 radical (unpaired) electrons. The second-order valence-corrected chi connectivity index (χ2v) is 3.17. The molecule has 0 heterocycles. The van der Waals surface area contributed by atoms with E-state index in [1.54, 1.807) is 0 Å². The first-order chi connectivity index (χ1) is 7.24. The van der Waals surface area contributed by atoms with Crippen LogP contribution in [-0.4, -0.2) is 35.2 Å². The summed E-state index contributed by atoms with van der Waals surface area (Å²) < 4.78 is 0. The van der Waals surface area contributed by atoms with Crippen LogP contribution in [0.25, 0.3) is 0 Å². The number of oxime groups is 1. The van der Waals surface area contributed by atoms with Crippen molar-refractivity contribution in [2.24, 2.45) is 5.16 Å². The Morgan fingerprint density at radius 2 is 2.07 bits per heavy atom. The van der Waals surface area contributed by atoms with Crippen LogP contribution in [0, 0.1) is 0 Å². The predicted octanol–water partition coefficient (Wildman–Crippen LogP) is 0.780. The molecule has 2 N–H and O–H groups in total. The Bertz CT molecular complexity index is 311. The molecule has 1 atom stereocenters. The molecule has 0 bridgehead atoms. The van der Waals surface area contributed by atoms with Crippen molar-refractivity contribution in [1.29, 1.82) is 0 Å². The summed E-state index contributed by atoms with van der Waals surface area (Å²) in [7, 11) is 0. The highest BCUT2D eigenvalue weighted by Crippen LogP contribution is 2.01. The van der Waals surface area contributed by atoms with Crippen LogP contribution in [0.5, 0.6) is 0 Å². The molecule has 0 aliphatic heterocycles. The van der Waals surface area contributed by atoms with E-state index in [1.807, 2.05) is 37.3 Å². The van der Waals surface area contributed by atoms with Crippen molar-refractivity contribution in [1.82, 2.24) is 0 Å². The number of hydrogen-bond donors (Lipinski definition) is 2. The molecule has 0 unspecified atom stereocenters. The summed E-state index contributed by atoms with van der Waals surface area (Å²) in [6.07, 6.45) is -0.877. The SMILES string of the molecule is C/C(=N\OC[C@@H](O)CO)c1ccccc1. The van der Waals surface area contributed by atoms with E-state index in [0.717, 1.165) is 11.3 Å². The summed E-state index contributed by atoms with van der Waals surface area (Å²) in [6, 6.07) is 9.59. The summed E-state index contributed by atoms with van der Waals surface area (Å²) in [5, 5.41) is 21.4. The van der Waals surface area contributed by atoms with Gasteiger partial charge in [0.15, 0.2) is 0 Å². The van der Waals surface area contributed by atoms with Crippen LogP contribution in [0.2, 0.25) is 0 Å². The van der Waals surface area contributed by atoms with Crippen molar-refractivity contribution in [3.05, 3.63) is 35.9 Å². The minimum Gasteiger partial charge on any atom is -0.394 e. The van der Waals surface area contributed by atoms with Gasteiger partial charge in [0, 0.05) is 0 Å². The van der Waals surface area contributed by atoms with E-state index in [-0.39, 0.29) is 13.2 Å². The number of benzene rings is 1. The fourth-order valence-corrected chi connectivity index (χ4v) is 1.00. The maximum Gasteiger partial charge on any atom is 0.145 e. The summed E-state index contributed by atoms with van der Waals surface area (Å²) >= 11 is 0. The third-order valence-electron chi connectivity index (χ3n) is 1.87. The van der Waals surface area contributed by atoms with Crippen LogP contribution in [0.3, 0.4) is 0 Å². The van der Waals surface area contributed by atoms with E-state index in [9.17, 15) is 0 Å². The Hall–Kier alpha value is -1.39. The Morgan fingerprint density at radius 3 is 2.67 bits per heavy atom. The van der Waals surface area contributed by atoms with Crippen molar-refractivity contribution in [3.8, 4) is 0 Å². The predicted molar refractivity (Wildman–Crippen MR) is 57.7 cm³/mol. The summed E-state index contributed by atoms with van der Waals surface area (Å²) in [6.45, 7) is 1.50. The third kappa shape index (κ3) is 4.10. The molecule has 0 amide bonds. The van der Waals surface area contributed by atoms with Crippen molar-refractivity contribution < 1.29 is 15.1 Å². The van der Waals surface area contributed by atoms with Crippen LogP contribution < -0.4 is 0 Å². The van der Waals surface area contributed by atoms with E-state index in [4.69, 9.17) is 15.1 Å². The van der Waals surface area contributed by atoms with Gasteiger partial charge < -0.3 is 15.1 Å². The second-order valence-electron chi connectivity index (χ2n) is 3.17. The lowest BCUT2D eigenvalue weighted by atomic mass is 10.1. The van der Waals surface area contributed by atoms with Gasteiger partial charge in [-0.15, -0.1) is 0 Å². The van der Waals surface area contributed by atoms with Gasteiger partial charge in [0.1, 0.15) is 12.7 Å². The van der Waals surface area contributed by atoms with Gasteiger partial charge in [-0.1, -0.05) is 35.5 Å². The molecule has 0 spiro atoms. The molecule has 1 aromatic carbocycles. The van der Waals surface area contributed by atoms with Crippen LogP contribution >= 0.6 is 0 Å². The molecule has 0 aliphatic carbocycles. The van der Waals surface area contributed by atoms with Gasteiger partial charge in [0.05, 0.1) is 12.3 Å². The van der Waals surface area contributed by atoms with E-state index in [0.29, 0.717) is 0 Å². The zero-order valence-corrected chi connectivity index (χ0v) is 8.63. The first-order valence-corrected chi connectivity index (χ1v) is 4.75. The topological polar surface area (TPSA) is 62.0 Å². The molecule has 0 fully saturated rings. The van der Waals surface area contributed by atoms with Crippen LogP contribution in [0.1, 0.15) is 12.5 Å². The fourth-order valence-electron chi connectivity index (χ4n) is 1.00. The molecule has 0 saturated heterocycles. The van der Waals surface area contributed by atoms with Gasteiger partial charge in [0.2, 0.25) is 0 Å². The van der Waals surface area contributed by atoms with Crippen LogP contribution in [0.15, 0.2) is 35.5 Å². The Labute approximate surface area is 88.8 Å². The van der Waals surface area contributed by atoms with Gasteiger partial charge in [-0.05, 0) is 12.5 Å². The number of aliphatic hydroxyl groups is 2. The van der Waals surface area contributed by atoms with Crippen molar-refractivity contribution >= 4 is 5.71 Å². The highest BCUT2D eigenvalue weighted by molar-refractivity contribution is 5.98. The fraction of sp³-hybridized carbons (Fsp3) is 0.364. The van der Waals surface area contributed by atoms with E-state index in [1.165, 1.54) is 0 Å². The summed E-state index contributed by atoms with van der Waals surface area (Å²) in [4.78, 5) is 4.88. The first kappa shape index (κ1) is 11.7. The lowest BCUT2D eigenvalue weighted by Gasteiger charge is -2.05. The van der Waals surface area contributed by atoms with Gasteiger partial charge in [0.25, 0.3) is 0 Å². The molecule has 1 aromatic rings. The standard InChI is InChI=1S/C11H15NO3/c1-9(10-5-3-2-4-6-10)12-15-8-11(14)7-13/h2-6,11,13-14H,7-8H2,1H3/b12-9+/t11-/m0/s1. The Kier molecular flexibility index (Phi) is 4.80. The van der Waals surface area contributed by atoms with Gasteiger partial charge in [-0.2, -0.15) is 0 Å². The number of nitrogens with zero attached hydrogens (tertiary/aromatic N) is 1. The molecule has 0 aromatic heterocycles. The van der Waals surface area contributed by atoms with Crippen molar-refractivity contribution in [2.45, 2.75) is 13.0 Å². The molecule has 0 aliphatic rings. The Morgan fingerprint density at radius 1 is 1.40 bits per heavy atom. The second kappa shape index (κ2) is 6.16. The molecule has 15 heavy (non-hydrogen) atoms. The lowest BCUT2D eigenvalue weighted by Crippen LogP contribution is -2.18. The smallest absolute Gasteiger partial charge is 0.145 e. The van der Waals surface area contributed by atoms with Gasteiger partial charge in [-0.3, -0.25) is 0 Å². The highest BCUT2D eigenvalue weighted by atomic mass is 16.6. The molecule has 0 saturated carbocycles. The summed E-state index contributed by atoms with van der Waals surface area (Å²) in [5.74, 6) is 0. The number of aliphatic hydroxyl groups excluding tert-OH is 2. The number of hydrogen-bond acceptors (Lipinski definition) is 4. The minimum atomic E-state index is -0.877. The number of rotatable bonds is 5. The van der Waals surface area contributed by atoms with Gasteiger partial charge >= 0.3 is 0 Å². The largest absolute Gasteiger partial charge is 0.394 e. The average molecular weight is 209 g/mol. The van der Waals surface area contributed by atoms with E-state index >= 15 is 0 Å². The molecule has 82 valence electrons. The zero-order chi connectivity index (χ0) is 11.1. The maximum atomic E-state index is 9.00. The molecular formula is C11H15NO3. The quantitative estimate of drug-likeness (QED) is 0.556. The monoisotopic (exact) mass is 209 g/mol. The average Bonchev–Trinajstić information content (AvgIpc) is 2.29. The third-order valence-corrected chi connectivity index (χ3v) is 1.87. The van der Waals surface area contributed by atoms with Crippen LogP contribution in [0.4, 0.5) is 0 Å². The van der Waals surface area contributed by atoms with E-state index < -0.39 is 6.10 Å². The van der Waals surface area contributed by atoms with Crippen molar-refractivity contribution in [2.75, 3.05) is 13.2 Å².